The first-order valence-electron chi connectivity index (χ1n) is 10.5. The van der Waals surface area contributed by atoms with Crippen LogP contribution in [0.15, 0.2) is 42.5 Å². The van der Waals surface area contributed by atoms with Crippen molar-refractivity contribution in [1.29, 1.82) is 0 Å². The van der Waals surface area contributed by atoms with Crippen LogP contribution in [0.3, 0.4) is 0 Å². The Morgan fingerprint density at radius 1 is 1.00 bits per heavy atom. The van der Waals surface area contributed by atoms with Gasteiger partial charge in [0.25, 0.3) is 0 Å². The van der Waals surface area contributed by atoms with Crippen molar-refractivity contribution in [2.45, 2.75) is 25.9 Å². The average molecular weight is 412 g/mol. The van der Waals surface area contributed by atoms with Crippen molar-refractivity contribution in [1.82, 2.24) is 15.1 Å². The van der Waals surface area contributed by atoms with Crippen molar-refractivity contribution in [3.8, 4) is 11.5 Å². The summed E-state index contributed by atoms with van der Waals surface area (Å²) >= 11 is 0. The van der Waals surface area contributed by atoms with E-state index in [-0.39, 0.29) is 5.91 Å². The number of ether oxygens (including phenoxy) is 2. The van der Waals surface area contributed by atoms with Crippen LogP contribution >= 0.6 is 0 Å². The van der Waals surface area contributed by atoms with Crippen LogP contribution in [-0.2, 0) is 24.3 Å². The predicted octanol–water partition coefficient (Wildman–Crippen LogP) is 2.70. The Morgan fingerprint density at radius 3 is 2.50 bits per heavy atom. The van der Waals surface area contributed by atoms with Crippen LogP contribution in [-0.4, -0.2) is 63.2 Å². The maximum absolute atomic E-state index is 12.4. The number of carbonyl (C=O) groups is 1. The van der Waals surface area contributed by atoms with Gasteiger partial charge in [-0.05, 0) is 48.4 Å². The van der Waals surface area contributed by atoms with Gasteiger partial charge < -0.3 is 19.7 Å². The zero-order valence-corrected chi connectivity index (χ0v) is 18.3. The fourth-order valence-electron chi connectivity index (χ4n) is 3.72. The minimum atomic E-state index is 0.0318. The lowest BCUT2D eigenvalue weighted by Gasteiger charge is -2.32. The number of amides is 1. The summed E-state index contributed by atoms with van der Waals surface area (Å²) in [5.41, 5.74) is 3.41. The number of methoxy groups -OCH3 is 2. The molecule has 1 aliphatic rings. The Labute approximate surface area is 179 Å². The molecule has 0 aliphatic carbocycles. The van der Waals surface area contributed by atoms with E-state index in [1.54, 1.807) is 14.2 Å². The fraction of sp³-hybridized carbons (Fsp3) is 0.458. The highest BCUT2D eigenvalue weighted by Crippen LogP contribution is 2.25. The molecule has 162 valence electrons. The summed E-state index contributed by atoms with van der Waals surface area (Å²) in [5, 5.41) is 3.04. The van der Waals surface area contributed by atoms with Crippen molar-refractivity contribution in [2.75, 3.05) is 47.4 Å². The predicted molar refractivity (Wildman–Crippen MR) is 119 cm³/mol. The molecule has 0 radical (unpaired) electrons. The van der Waals surface area contributed by atoms with Gasteiger partial charge >= 0.3 is 0 Å². The molecule has 1 fully saturated rings. The second-order valence-corrected chi connectivity index (χ2v) is 7.85. The molecule has 1 aliphatic heterocycles. The maximum Gasteiger partial charge on any atom is 0.220 e. The van der Waals surface area contributed by atoms with Crippen LogP contribution < -0.4 is 14.8 Å². The number of rotatable bonds is 9. The molecular formula is C24H33N3O3. The first-order chi connectivity index (χ1) is 14.6. The molecular weight excluding hydrogens is 378 g/mol. The van der Waals surface area contributed by atoms with Gasteiger partial charge in [-0.1, -0.05) is 24.3 Å². The van der Waals surface area contributed by atoms with Crippen LogP contribution in [0.1, 0.15) is 23.1 Å². The summed E-state index contributed by atoms with van der Waals surface area (Å²) in [7, 11) is 5.45. The molecule has 0 unspecified atom stereocenters. The van der Waals surface area contributed by atoms with Gasteiger partial charge in [0.1, 0.15) is 11.5 Å². The molecule has 1 saturated heterocycles. The van der Waals surface area contributed by atoms with Crippen LogP contribution in [0.25, 0.3) is 0 Å². The molecule has 1 amide bonds. The van der Waals surface area contributed by atoms with Crippen LogP contribution in [0.5, 0.6) is 11.5 Å². The second-order valence-electron chi connectivity index (χ2n) is 7.85. The summed E-state index contributed by atoms with van der Waals surface area (Å²) in [6.07, 6.45) is 1.01. The number of hydrogen-bond donors (Lipinski definition) is 1. The highest BCUT2D eigenvalue weighted by Gasteiger charge is 2.14. The molecule has 3 rings (SSSR count). The van der Waals surface area contributed by atoms with E-state index >= 15 is 0 Å². The van der Waals surface area contributed by atoms with Crippen molar-refractivity contribution < 1.29 is 14.3 Å². The summed E-state index contributed by atoms with van der Waals surface area (Å²) in [4.78, 5) is 17.2. The quantitative estimate of drug-likeness (QED) is 0.688. The minimum absolute atomic E-state index is 0.0318. The normalized spacial score (nSPS) is 15.0. The lowest BCUT2D eigenvalue weighted by Crippen LogP contribution is -2.43. The maximum atomic E-state index is 12.4. The SMILES string of the molecule is COc1ccc(OC)c(CCC(=O)NCc2cccc(CN3CCN(C)CC3)c2)c1. The molecule has 2 aromatic carbocycles. The molecule has 0 spiro atoms. The number of nitrogens with one attached hydrogen (secondary N) is 1. The molecule has 1 N–H and O–H groups in total. The number of hydrogen-bond acceptors (Lipinski definition) is 5. The van der Waals surface area contributed by atoms with E-state index in [0.29, 0.717) is 19.4 Å². The van der Waals surface area contributed by atoms with Crippen molar-refractivity contribution >= 4 is 5.91 Å². The zero-order valence-electron chi connectivity index (χ0n) is 18.3. The molecule has 1 heterocycles. The number of likely N-dealkylation sites (N-methyl/N-ethyl adjacent to an activating group) is 1. The van der Waals surface area contributed by atoms with Gasteiger partial charge in [0.05, 0.1) is 14.2 Å². The van der Waals surface area contributed by atoms with Gasteiger partial charge in [-0.15, -0.1) is 0 Å². The van der Waals surface area contributed by atoms with E-state index < -0.39 is 0 Å². The molecule has 2 aromatic rings. The number of nitrogens with zero attached hydrogens (tertiary/aromatic N) is 2. The van der Waals surface area contributed by atoms with E-state index in [0.717, 1.165) is 55.3 Å². The molecule has 6 nitrogen and oxygen atoms in total. The van der Waals surface area contributed by atoms with E-state index in [1.165, 1.54) is 5.56 Å². The van der Waals surface area contributed by atoms with Crippen LogP contribution in [0, 0.1) is 0 Å². The first kappa shape index (κ1) is 22.1. The monoisotopic (exact) mass is 411 g/mol. The van der Waals surface area contributed by atoms with Gasteiger partial charge in [-0.3, -0.25) is 9.69 Å². The molecule has 0 saturated carbocycles. The summed E-state index contributed by atoms with van der Waals surface area (Å²) in [6.45, 7) is 5.95. The highest BCUT2D eigenvalue weighted by molar-refractivity contribution is 5.76. The molecule has 6 heteroatoms. The topological polar surface area (TPSA) is 54.0 Å². The third-order valence-electron chi connectivity index (χ3n) is 5.59. The van der Waals surface area contributed by atoms with Gasteiger partial charge in [0.15, 0.2) is 0 Å². The Hall–Kier alpha value is -2.57. The standard InChI is InChI=1S/C24H33N3O3/c1-26-11-13-27(14-12-26)18-20-6-4-5-19(15-20)17-25-24(28)10-7-21-16-22(29-2)8-9-23(21)30-3/h4-6,8-9,15-16H,7,10-14,17-18H2,1-3H3,(H,25,28). The van der Waals surface area contributed by atoms with Crippen molar-refractivity contribution in [2.24, 2.45) is 0 Å². The lowest BCUT2D eigenvalue weighted by atomic mass is 10.1. The molecule has 0 atom stereocenters. The molecule has 0 bridgehead atoms. The lowest BCUT2D eigenvalue weighted by molar-refractivity contribution is -0.121. The number of carbonyl (C=O) groups excluding carboxylic acids is 1. The van der Waals surface area contributed by atoms with Gasteiger partial charge in [0.2, 0.25) is 5.91 Å². The summed E-state index contributed by atoms with van der Waals surface area (Å²) in [6, 6.07) is 14.2. The summed E-state index contributed by atoms with van der Waals surface area (Å²) in [5.74, 6) is 1.58. The minimum Gasteiger partial charge on any atom is -0.497 e. The van der Waals surface area contributed by atoms with Crippen molar-refractivity contribution in [3.63, 3.8) is 0 Å². The Bertz CT molecular complexity index is 832. The third kappa shape index (κ3) is 6.47. The first-order valence-corrected chi connectivity index (χ1v) is 10.5. The van der Waals surface area contributed by atoms with Crippen LogP contribution in [0.4, 0.5) is 0 Å². The molecule has 30 heavy (non-hydrogen) atoms. The Kier molecular flexibility index (Phi) is 8.11. The van der Waals surface area contributed by atoms with E-state index in [2.05, 4.69) is 46.4 Å². The Balaban J connectivity index is 1.48. The number of benzene rings is 2. The largest absolute Gasteiger partial charge is 0.497 e. The van der Waals surface area contributed by atoms with E-state index in [9.17, 15) is 4.79 Å². The van der Waals surface area contributed by atoms with Gasteiger partial charge in [0, 0.05) is 45.7 Å². The van der Waals surface area contributed by atoms with E-state index in [1.807, 2.05) is 18.2 Å². The van der Waals surface area contributed by atoms with Crippen LogP contribution in [0.2, 0.25) is 0 Å². The zero-order chi connectivity index (χ0) is 21.3. The highest BCUT2D eigenvalue weighted by atomic mass is 16.5. The molecule has 0 aromatic heterocycles. The van der Waals surface area contributed by atoms with Gasteiger partial charge in [-0.2, -0.15) is 0 Å². The van der Waals surface area contributed by atoms with Crippen molar-refractivity contribution in [3.05, 3.63) is 59.2 Å². The number of piperazine rings is 1. The summed E-state index contributed by atoms with van der Waals surface area (Å²) < 4.78 is 10.7. The van der Waals surface area contributed by atoms with Gasteiger partial charge in [-0.25, -0.2) is 0 Å². The second kappa shape index (κ2) is 11.0. The van der Waals surface area contributed by atoms with E-state index in [4.69, 9.17) is 9.47 Å². The Morgan fingerprint density at radius 2 is 1.77 bits per heavy atom. The number of aryl methyl sites for hydroxylation is 1. The third-order valence-corrected chi connectivity index (χ3v) is 5.59. The smallest absolute Gasteiger partial charge is 0.220 e. The average Bonchev–Trinajstić information content (AvgIpc) is 2.78. The fourth-order valence-corrected chi connectivity index (χ4v) is 3.72.